The van der Waals surface area contributed by atoms with Crippen molar-refractivity contribution in [3.05, 3.63) is 64.2 Å². The SMILES string of the molecule is CCOc1ccccc1C(NN)c1cc(C)cc(Cl)c1. The Morgan fingerprint density at radius 3 is 2.65 bits per heavy atom. The van der Waals surface area contributed by atoms with E-state index in [2.05, 4.69) is 11.5 Å². The molecule has 106 valence electrons. The Balaban J connectivity index is 2.46. The van der Waals surface area contributed by atoms with Crippen LogP contribution in [-0.4, -0.2) is 6.61 Å². The van der Waals surface area contributed by atoms with Gasteiger partial charge in [0.2, 0.25) is 0 Å². The van der Waals surface area contributed by atoms with Crippen LogP contribution in [0.5, 0.6) is 5.75 Å². The summed E-state index contributed by atoms with van der Waals surface area (Å²) in [5.41, 5.74) is 5.96. The van der Waals surface area contributed by atoms with Gasteiger partial charge in [0, 0.05) is 10.6 Å². The Hall–Kier alpha value is -1.55. The molecule has 0 fully saturated rings. The normalized spacial score (nSPS) is 12.2. The first-order valence-electron chi connectivity index (χ1n) is 6.60. The molecule has 2 rings (SSSR count). The van der Waals surface area contributed by atoms with E-state index in [1.807, 2.05) is 50.2 Å². The Labute approximate surface area is 124 Å². The van der Waals surface area contributed by atoms with Gasteiger partial charge < -0.3 is 4.74 Å². The van der Waals surface area contributed by atoms with Crippen LogP contribution in [-0.2, 0) is 0 Å². The number of hydrogen-bond acceptors (Lipinski definition) is 3. The van der Waals surface area contributed by atoms with Gasteiger partial charge in [-0.15, -0.1) is 0 Å². The van der Waals surface area contributed by atoms with Gasteiger partial charge in [0.1, 0.15) is 5.75 Å². The van der Waals surface area contributed by atoms with Gasteiger partial charge in [-0.25, -0.2) is 5.43 Å². The highest BCUT2D eigenvalue weighted by Gasteiger charge is 2.17. The van der Waals surface area contributed by atoms with Gasteiger partial charge in [0.15, 0.2) is 0 Å². The largest absolute Gasteiger partial charge is 0.494 e. The number of halogens is 1. The smallest absolute Gasteiger partial charge is 0.124 e. The molecule has 0 radical (unpaired) electrons. The van der Waals surface area contributed by atoms with Crippen molar-refractivity contribution in [2.24, 2.45) is 5.84 Å². The van der Waals surface area contributed by atoms with Gasteiger partial charge in [-0.1, -0.05) is 35.9 Å². The molecule has 1 unspecified atom stereocenters. The van der Waals surface area contributed by atoms with Crippen LogP contribution < -0.4 is 16.0 Å². The first-order valence-corrected chi connectivity index (χ1v) is 6.98. The second-order valence-electron chi connectivity index (χ2n) is 4.63. The van der Waals surface area contributed by atoms with E-state index in [0.29, 0.717) is 11.6 Å². The van der Waals surface area contributed by atoms with E-state index in [9.17, 15) is 0 Å². The van der Waals surface area contributed by atoms with Crippen LogP contribution in [0, 0.1) is 6.92 Å². The van der Waals surface area contributed by atoms with Crippen LogP contribution in [0.2, 0.25) is 5.02 Å². The molecule has 4 heteroatoms. The Morgan fingerprint density at radius 2 is 2.00 bits per heavy atom. The number of hydrogen-bond donors (Lipinski definition) is 2. The fourth-order valence-electron chi connectivity index (χ4n) is 2.30. The highest BCUT2D eigenvalue weighted by Crippen LogP contribution is 2.31. The summed E-state index contributed by atoms with van der Waals surface area (Å²) < 4.78 is 5.67. The molecule has 0 saturated heterocycles. The van der Waals surface area contributed by atoms with Crippen LogP contribution in [0.15, 0.2) is 42.5 Å². The van der Waals surface area contributed by atoms with Crippen molar-refractivity contribution in [1.29, 1.82) is 0 Å². The summed E-state index contributed by atoms with van der Waals surface area (Å²) in [5.74, 6) is 6.58. The number of ether oxygens (including phenoxy) is 1. The summed E-state index contributed by atoms with van der Waals surface area (Å²) in [6.45, 7) is 4.59. The number of benzene rings is 2. The third-order valence-corrected chi connectivity index (χ3v) is 3.31. The van der Waals surface area contributed by atoms with E-state index in [4.69, 9.17) is 22.2 Å². The summed E-state index contributed by atoms with van der Waals surface area (Å²) in [4.78, 5) is 0. The maximum atomic E-state index is 6.14. The van der Waals surface area contributed by atoms with Crippen molar-refractivity contribution in [3.8, 4) is 5.75 Å². The fourth-order valence-corrected chi connectivity index (χ4v) is 2.60. The number of para-hydroxylation sites is 1. The minimum absolute atomic E-state index is 0.157. The summed E-state index contributed by atoms with van der Waals surface area (Å²) in [6.07, 6.45) is 0. The average Bonchev–Trinajstić information content (AvgIpc) is 2.41. The summed E-state index contributed by atoms with van der Waals surface area (Å²) >= 11 is 6.14. The van der Waals surface area contributed by atoms with E-state index in [-0.39, 0.29) is 6.04 Å². The summed E-state index contributed by atoms with van der Waals surface area (Å²) in [7, 11) is 0. The zero-order valence-electron chi connectivity index (χ0n) is 11.7. The van der Waals surface area contributed by atoms with Crippen LogP contribution in [0.3, 0.4) is 0 Å². The maximum absolute atomic E-state index is 6.14. The molecule has 0 amide bonds. The minimum Gasteiger partial charge on any atom is -0.494 e. The van der Waals surface area contributed by atoms with Crippen molar-refractivity contribution in [2.75, 3.05) is 6.61 Å². The lowest BCUT2D eigenvalue weighted by Gasteiger charge is -2.20. The molecule has 2 aromatic carbocycles. The first kappa shape index (κ1) is 14.9. The number of nitrogens with two attached hydrogens (primary N) is 1. The average molecular weight is 291 g/mol. The predicted molar refractivity (Wildman–Crippen MR) is 83.0 cm³/mol. The number of rotatable bonds is 5. The lowest BCUT2D eigenvalue weighted by molar-refractivity contribution is 0.333. The maximum Gasteiger partial charge on any atom is 0.124 e. The van der Waals surface area contributed by atoms with Gasteiger partial charge in [-0.2, -0.15) is 0 Å². The Bertz CT molecular complexity index is 566. The second-order valence-corrected chi connectivity index (χ2v) is 5.07. The fraction of sp³-hybridized carbons (Fsp3) is 0.250. The quantitative estimate of drug-likeness (QED) is 0.653. The van der Waals surface area contributed by atoms with Gasteiger partial charge in [-0.3, -0.25) is 5.84 Å². The Kier molecular flexibility index (Phi) is 5.01. The van der Waals surface area contributed by atoms with Crippen LogP contribution in [0.25, 0.3) is 0 Å². The van der Waals surface area contributed by atoms with Crippen LogP contribution >= 0.6 is 11.6 Å². The van der Waals surface area contributed by atoms with Gasteiger partial charge >= 0.3 is 0 Å². The van der Waals surface area contributed by atoms with Crippen molar-refractivity contribution < 1.29 is 4.74 Å². The minimum atomic E-state index is -0.157. The number of hydrazine groups is 1. The molecular weight excluding hydrogens is 272 g/mol. The monoisotopic (exact) mass is 290 g/mol. The van der Waals surface area contributed by atoms with Crippen LogP contribution in [0.4, 0.5) is 0 Å². The summed E-state index contributed by atoms with van der Waals surface area (Å²) in [5, 5.41) is 0.703. The molecule has 0 aliphatic rings. The van der Waals surface area contributed by atoms with Gasteiger partial charge in [-0.05, 0) is 43.2 Å². The molecule has 2 aromatic rings. The van der Waals surface area contributed by atoms with Crippen molar-refractivity contribution in [3.63, 3.8) is 0 Å². The molecular formula is C16H19ClN2O. The van der Waals surface area contributed by atoms with E-state index >= 15 is 0 Å². The molecule has 0 heterocycles. The number of aryl methyl sites for hydroxylation is 1. The molecule has 0 aliphatic carbocycles. The topological polar surface area (TPSA) is 47.3 Å². The van der Waals surface area contributed by atoms with E-state index < -0.39 is 0 Å². The first-order chi connectivity index (χ1) is 9.65. The highest BCUT2D eigenvalue weighted by molar-refractivity contribution is 6.30. The standard InChI is InChI=1S/C16H19ClN2O/c1-3-20-15-7-5-4-6-14(15)16(19-18)12-8-11(2)9-13(17)10-12/h4-10,16,19H,3,18H2,1-2H3. The number of nitrogens with one attached hydrogen (secondary N) is 1. The van der Waals surface area contributed by atoms with E-state index in [0.717, 1.165) is 22.4 Å². The molecule has 0 spiro atoms. The van der Waals surface area contributed by atoms with Crippen molar-refractivity contribution in [2.45, 2.75) is 19.9 Å². The third kappa shape index (κ3) is 3.31. The van der Waals surface area contributed by atoms with E-state index in [1.54, 1.807) is 0 Å². The molecule has 0 saturated carbocycles. The lowest BCUT2D eigenvalue weighted by atomic mass is 9.97. The zero-order valence-corrected chi connectivity index (χ0v) is 12.4. The molecule has 1 atom stereocenters. The lowest BCUT2D eigenvalue weighted by Crippen LogP contribution is -2.29. The van der Waals surface area contributed by atoms with Gasteiger partial charge in [0.25, 0.3) is 0 Å². The van der Waals surface area contributed by atoms with Gasteiger partial charge in [0.05, 0.1) is 12.6 Å². The summed E-state index contributed by atoms with van der Waals surface area (Å²) in [6, 6.07) is 13.6. The molecule has 0 bridgehead atoms. The van der Waals surface area contributed by atoms with E-state index in [1.165, 1.54) is 0 Å². The molecule has 3 N–H and O–H groups in total. The van der Waals surface area contributed by atoms with Crippen molar-refractivity contribution in [1.82, 2.24) is 5.43 Å². The third-order valence-electron chi connectivity index (χ3n) is 3.09. The predicted octanol–water partition coefficient (Wildman–Crippen LogP) is 3.60. The zero-order chi connectivity index (χ0) is 14.5. The molecule has 0 aromatic heterocycles. The molecule has 20 heavy (non-hydrogen) atoms. The van der Waals surface area contributed by atoms with Crippen LogP contribution in [0.1, 0.15) is 29.7 Å². The second kappa shape index (κ2) is 6.75. The Morgan fingerprint density at radius 1 is 1.25 bits per heavy atom. The molecule has 0 aliphatic heterocycles. The molecule has 3 nitrogen and oxygen atoms in total. The van der Waals surface area contributed by atoms with Crippen molar-refractivity contribution >= 4 is 11.6 Å². The highest BCUT2D eigenvalue weighted by atomic mass is 35.5.